The Kier molecular flexibility index (Phi) is 4.78. The van der Waals surface area contributed by atoms with Gasteiger partial charge in [-0.15, -0.1) is 0 Å². The summed E-state index contributed by atoms with van der Waals surface area (Å²) in [4.78, 5) is 2.58. The van der Waals surface area contributed by atoms with Crippen LogP contribution in [0.3, 0.4) is 0 Å². The standard InChI is InChI=1S/C14H26N4/c1-12(11-18-7-5-4-6-8-18)15-9-14-10-16-17(3)13(14)2/h10,12,15H,4-9,11H2,1-3H3. The van der Waals surface area contributed by atoms with Crippen LogP contribution in [0, 0.1) is 6.92 Å². The number of aryl methyl sites for hydroxylation is 1. The summed E-state index contributed by atoms with van der Waals surface area (Å²) < 4.78 is 1.94. The van der Waals surface area contributed by atoms with Crippen molar-refractivity contribution in [3.05, 3.63) is 17.5 Å². The number of nitrogens with zero attached hydrogens (tertiary/aromatic N) is 3. The summed E-state index contributed by atoms with van der Waals surface area (Å²) in [6.07, 6.45) is 6.12. The molecule has 4 nitrogen and oxygen atoms in total. The first kappa shape index (κ1) is 13.6. The zero-order valence-electron chi connectivity index (χ0n) is 11.9. The predicted octanol–water partition coefficient (Wildman–Crippen LogP) is 1.69. The molecule has 0 aliphatic carbocycles. The highest BCUT2D eigenvalue weighted by Crippen LogP contribution is 2.09. The predicted molar refractivity (Wildman–Crippen MR) is 74.5 cm³/mol. The van der Waals surface area contributed by atoms with Crippen molar-refractivity contribution in [2.75, 3.05) is 19.6 Å². The molecule has 1 aliphatic heterocycles. The Balaban J connectivity index is 1.74. The van der Waals surface area contributed by atoms with Gasteiger partial charge in [0.15, 0.2) is 0 Å². The van der Waals surface area contributed by atoms with Crippen LogP contribution in [0.5, 0.6) is 0 Å². The number of nitrogens with one attached hydrogen (secondary N) is 1. The highest BCUT2D eigenvalue weighted by Gasteiger charge is 2.13. The zero-order valence-corrected chi connectivity index (χ0v) is 11.9. The number of aromatic nitrogens is 2. The molecule has 18 heavy (non-hydrogen) atoms. The zero-order chi connectivity index (χ0) is 13.0. The summed E-state index contributed by atoms with van der Waals surface area (Å²) in [5, 5.41) is 7.88. The van der Waals surface area contributed by atoms with E-state index in [1.54, 1.807) is 0 Å². The molecule has 0 bridgehead atoms. The lowest BCUT2D eigenvalue weighted by molar-refractivity contribution is 0.209. The van der Waals surface area contributed by atoms with Crippen molar-refractivity contribution >= 4 is 0 Å². The van der Waals surface area contributed by atoms with Gasteiger partial charge in [-0.3, -0.25) is 4.68 Å². The fraction of sp³-hybridized carbons (Fsp3) is 0.786. The molecule has 1 fully saturated rings. The van der Waals surface area contributed by atoms with Gasteiger partial charge in [0.25, 0.3) is 0 Å². The molecule has 2 rings (SSSR count). The molecule has 2 heterocycles. The van der Waals surface area contributed by atoms with Crippen LogP contribution in [0.4, 0.5) is 0 Å². The summed E-state index contributed by atoms with van der Waals surface area (Å²) in [7, 11) is 2.00. The van der Waals surface area contributed by atoms with E-state index >= 15 is 0 Å². The molecule has 0 aromatic carbocycles. The largest absolute Gasteiger partial charge is 0.309 e. The lowest BCUT2D eigenvalue weighted by atomic mass is 10.1. The fourth-order valence-corrected chi connectivity index (χ4v) is 2.60. The minimum atomic E-state index is 0.544. The van der Waals surface area contributed by atoms with Gasteiger partial charge >= 0.3 is 0 Å². The first-order valence-electron chi connectivity index (χ1n) is 7.10. The van der Waals surface area contributed by atoms with Crippen molar-refractivity contribution in [2.45, 2.75) is 45.7 Å². The van der Waals surface area contributed by atoms with E-state index in [1.807, 2.05) is 17.9 Å². The van der Waals surface area contributed by atoms with Crippen molar-refractivity contribution in [3.8, 4) is 0 Å². The summed E-state index contributed by atoms with van der Waals surface area (Å²) in [5.41, 5.74) is 2.57. The average Bonchev–Trinajstić information content (AvgIpc) is 2.69. The van der Waals surface area contributed by atoms with Crippen LogP contribution >= 0.6 is 0 Å². The van der Waals surface area contributed by atoms with Crippen molar-refractivity contribution in [3.63, 3.8) is 0 Å². The second-order valence-corrected chi connectivity index (χ2v) is 5.52. The Hall–Kier alpha value is -0.870. The highest BCUT2D eigenvalue weighted by molar-refractivity contribution is 5.15. The molecule has 0 saturated carbocycles. The molecular formula is C14H26N4. The van der Waals surface area contributed by atoms with Gasteiger partial charge in [0.2, 0.25) is 0 Å². The Morgan fingerprint density at radius 2 is 2.06 bits per heavy atom. The molecule has 102 valence electrons. The highest BCUT2D eigenvalue weighted by atomic mass is 15.3. The normalized spacial score (nSPS) is 19.1. The molecule has 1 saturated heterocycles. The Bertz CT molecular complexity index is 366. The quantitative estimate of drug-likeness (QED) is 0.863. The Morgan fingerprint density at radius 3 is 2.67 bits per heavy atom. The number of hydrogen-bond acceptors (Lipinski definition) is 3. The summed E-state index contributed by atoms with van der Waals surface area (Å²) in [5.74, 6) is 0. The maximum Gasteiger partial charge on any atom is 0.0537 e. The first-order valence-corrected chi connectivity index (χ1v) is 7.10. The molecule has 1 atom stereocenters. The molecule has 1 aromatic heterocycles. The van der Waals surface area contributed by atoms with Gasteiger partial charge in [-0.1, -0.05) is 6.42 Å². The Labute approximate surface area is 110 Å². The third-order valence-corrected chi connectivity index (χ3v) is 3.96. The molecule has 1 N–H and O–H groups in total. The van der Waals surface area contributed by atoms with Crippen LogP contribution in [0.15, 0.2) is 6.20 Å². The van der Waals surface area contributed by atoms with Crippen molar-refractivity contribution in [1.29, 1.82) is 0 Å². The molecule has 0 spiro atoms. The molecular weight excluding hydrogens is 224 g/mol. The van der Waals surface area contributed by atoms with Crippen LogP contribution in [-0.4, -0.2) is 40.4 Å². The molecule has 1 unspecified atom stereocenters. The summed E-state index contributed by atoms with van der Waals surface area (Å²) >= 11 is 0. The molecule has 4 heteroatoms. The van der Waals surface area contributed by atoms with E-state index in [9.17, 15) is 0 Å². The monoisotopic (exact) mass is 250 g/mol. The van der Waals surface area contributed by atoms with E-state index < -0.39 is 0 Å². The molecule has 1 aromatic rings. The van der Waals surface area contributed by atoms with Crippen molar-refractivity contribution < 1.29 is 0 Å². The molecule has 0 radical (unpaired) electrons. The van der Waals surface area contributed by atoms with Gasteiger partial charge in [0.1, 0.15) is 0 Å². The lowest BCUT2D eigenvalue weighted by Crippen LogP contribution is -2.41. The second-order valence-electron chi connectivity index (χ2n) is 5.52. The number of hydrogen-bond donors (Lipinski definition) is 1. The fourth-order valence-electron chi connectivity index (χ4n) is 2.60. The van der Waals surface area contributed by atoms with Gasteiger partial charge in [-0.05, 0) is 39.8 Å². The van der Waals surface area contributed by atoms with Crippen molar-refractivity contribution in [1.82, 2.24) is 20.0 Å². The number of likely N-dealkylation sites (tertiary alicyclic amines) is 1. The van der Waals surface area contributed by atoms with Crippen LogP contribution in [0.2, 0.25) is 0 Å². The van der Waals surface area contributed by atoms with Gasteiger partial charge in [-0.25, -0.2) is 0 Å². The Morgan fingerprint density at radius 1 is 1.33 bits per heavy atom. The third kappa shape index (κ3) is 3.56. The van der Waals surface area contributed by atoms with Crippen molar-refractivity contribution in [2.24, 2.45) is 7.05 Å². The van der Waals surface area contributed by atoms with Gasteiger partial charge in [-0.2, -0.15) is 5.10 Å². The summed E-state index contributed by atoms with van der Waals surface area (Å²) in [6.45, 7) is 9.05. The maximum absolute atomic E-state index is 4.28. The number of piperidine rings is 1. The minimum absolute atomic E-state index is 0.544. The van der Waals surface area contributed by atoms with E-state index in [1.165, 1.54) is 50.2 Å². The number of rotatable bonds is 5. The SMILES string of the molecule is Cc1c(CNC(C)CN2CCCCC2)cnn1C. The lowest BCUT2D eigenvalue weighted by Gasteiger charge is -2.29. The van der Waals surface area contributed by atoms with E-state index in [0.29, 0.717) is 6.04 Å². The van der Waals surface area contributed by atoms with E-state index in [2.05, 4.69) is 29.2 Å². The van der Waals surface area contributed by atoms with Gasteiger partial charge in [0, 0.05) is 37.4 Å². The van der Waals surface area contributed by atoms with Crippen LogP contribution < -0.4 is 5.32 Å². The van der Waals surface area contributed by atoms with E-state index in [0.717, 1.165) is 6.54 Å². The average molecular weight is 250 g/mol. The van der Waals surface area contributed by atoms with Crippen LogP contribution in [-0.2, 0) is 13.6 Å². The van der Waals surface area contributed by atoms with Crippen LogP contribution in [0.25, 0.3) is 0 Å². The van der Waals surface area contributed by atoms with E-state index in [4.69, 9.17) is 0 Å². The third-order valence-electron chi connectivity index (χ3n) is 3.96. The smallest absolute Gasteiger partial charge is 0.0537 e. The van der Waals surface area contributed by atoms with E-state index in [-0.39, 0.29) is 0 Å². The second kappa shape index (κ2) is 6.34. The van der Waals surface area contributed by atoms with Crippen LogP contribution in [0.1, 0.15) is 37.4 Å². The van der Waals surface area contributed by atoms with Gasteiger partial charge < -0.3 is 10.2 Å². The molecule has 1 aliphatic rings. The topological polar surface area (TPSA) is 33.1 Å². The van der Waals surface area contributed by atoms with Gasteiger partial charge in [0.05, 0.1) is 6.20 Å². The molecule has 0 amide bonds. The minimum Gasteiger partial charge on any atom is -0.309 e. The first-order chi connectivity index (χ1) is 8.66. The summed E-state index contributed by atoms with van der Waals surface area (Å²) in [6, 6.07) is 0.544. The maximum atomic E-state index is 4.28.